The third-order valence-corrected chi connectivity index (χ3v) is 8.06. The summed E-state index contributed by atoms with van der Waals surface area (Å²) in [5.74, 6) is -0.359. The zero-order valence-electron chi connectivity index (χ0n) is 16.3. The number of hydrogen-bond donors (Lipinski definition) is 0. The molecule has 1 amide bonds. The van der Waals surface area contributed by atoms with E-state index in [-0.39, 0.29) is 54.4 Å². The lowest BCUT2D eigenvalue weighted by atomic mass is 9.96. The second-order valence-corrected chi connectivity index (χ2v) is 9.82. The molecule has 1 saturated heterocycles. The van der Waals surface area contributed by atoms with E-state index < -0.39 is 15.1 Å². The van der Waals surface area contributed by atoms with Gasteiger partial charge in [-0.2, -0.15) is 17.0 Å². The molecule has 0 spiro atoms. The molecule has 1 saturated carbocycles. The Morgan fingerprint density at radius 2 is 1.79 bits per heavy atom. The lowest BCUT2D eigenvalue weighted by Gasteiger charge is -2.38. The quantitative estimate of drug-likeness (QED) is 0.512. The van der Waals surface area contributed by atoms with Crippen molar-refractivity contribution in [2.45, 2.75) is 38.1 Å². The van der Waals surface area contributed by atoms with Gasteiger partial charge in [0.2, 0.25) is 0 Å². The number of nitro groups is 1. The van der Waals surface area contributed by atoms with Crippen molar-refractivity contribution in [3.05, 3.63) is 38.9 Å². The predicted molar refractivity (Wildman–Crippen MR) is 109 cm³/mol. The summed E-state index contributed by atoms with van der Waals surface area (Å²) in [5, 5.41) is 10.8. The van der Waals surface area contributed by atoms with Crippen molar-refractivity contribution >= 4 is 33.4 Å². The molecule has 1 aliphatic carbocycles. The second-order valence-electron chi connectivity index (χ2n) is 7.43. The standard InChI is InChI=1S/C18H25ClN4O5S/c1-20(14-5-3-2-4-6-14)29(27,28)22-11-9-21(10-12-22)18(24)16-8-7-15(23(25)26)13-17(16)19/h7-8,13-14H,2-6,9-12H2,1H3. The molecule has 2 aliphatic rings. The van der Waals surface area contributed by atoms with Crippen molar-refractivity contribution < 1.29 is 18.1 Å². The van der Waals surface area contributed by atoms with Gasteiger partial charge in [-0.25, -0.2) is 0 Å². The fourth-order valence-corrected chi connectivity index (χ4v) is 5.73. The minimum absolute atomic E-state index is 0.0104. The zero-order valence-corrected chi connectivity index (χ0v) is 17.9. The highest BCUT2D eigenvalue weighted by Gasteiger charge is 2.35. The van der Waals surface area contributed by atoms with Crippen LogP contribution in [0.3, 0.4) is 0 Å². The minimum Gasteiger partial charge on any atom is -0.336 e. The van der Waals surface area contributed by atoms with Crippen LogP contribution in [0.15, 0.2) is 18.2 Å². The number of nitro benzene ring substituents is 1. The fourth-order valence-electron chi connectivity index (χ4n) is 3.90. The van der Waals surface area contributed by atoms with E-state index in [2.05, 4.69) is 0 Å². The molecule has 0 radical (unpaired) electrons. The highest BCUT2D eigenvalue weighted by atomic mass is 35.5. The van der Waals surface area contributed by atoms with Gasteiger partial charge in [-0.1, -0.05) is 30.9 Å². The molecule has 0 bridgehead atoms. The van der Waals surface area contributed by atoms with E-state index in [0.717, 1.165) is 38.2 Å². The molecule has 0 atom stereocenters. The van der Waals surface area contributed by atoms with Gasteiger partial charge in [-0.15, -0.1) is 0 Å². The molecule has 29 heavy (non-hydrogen) atoms. The lowest BCUT2D eigenvalue weighted by Crippen LogP contribution is -2.55. The largest absolute Gasteiger partial charge is 0.336 e. The molecular weight excluding hydrogens is 420 g/mol. The van der Waals surface area contributed by atoms with Crippen LogP contribution in [0.25, 0.3) is 0 Å². The van der Waals surface area contributed by atoms with Crippen molar-refractivity contribution in [2.24, 2.45) is 0 Å². The van der Waals surface area contributed by atoms with Gasteiger partial charge < -0.3 is 4.90 Å². The maximum Gasteiger partial charge on any atom is 0.282 e. The maximum atomic E-state index is 13.0. The molecule has 3 rings (SSSR count). The van der Waals surface area contributed by atoms with Crippen LogP contribution in [0.5, 0.6) is 0 Å². The average Bonchev–Trinajstić information content (AvgIpc) is 2.73. The Labute approximate surface area is 175 Å². The van der Waals surface area contributed by atoms with Crippen LogP contribution in [0, 0.1) is 10.1 Å². The summed E-state index contributed by atoms with van der Waals surface area (Å²) in [6, 6.07) is 3.75. The molecule has 160 valence electrons. The van der Waals surface area contributed by atoms with Gasteiger partial charge in [-0.05, 0) is 18.9 Å². The summed E-state index contributed by atoms with van der Waals surface area (Å²) < 4.78 is 28.8. The third kappa shape index (κ3) is 4.71. The smallest absolute Gasteiger partial charge is 0.282 e. The number of halogens is 1. The molecule has 1 aromatic carbocycles. The Balaban J connectivity index is 1.64. The zero-order chi connectivity index (χ0) is 21.2. The number of amides is 1. The first-order chi connectivity index (χ1) is 13.7. The summed E-state index contributed by atoms with van der Waals surface area (Å²) >= 11 is 6.05. The summed E-state index contributed by atoms with van der Waals surface area (Å²) in [6.45, 7) is 0.888. The number of hydrogen-bond acceptors (Lipinski definition) is 5. The number of piperazine rings is 1. The van der Waals surface area contributed by atoms with Gasteiger partial charge in [0.05, 0.1) is 15.5 Å². The fraction of sp³-hybridized carbons (Fsp3) is 0.611. The highest BCUT2D eigenvalue weighted by Crippen LogP contribution is 2.26. The number of carbonyl (C=O) groups is 1. The molecule has 1 aromatic rings. The topological polar surface area (TPSA) is 104 Å². The van der Waals surface area contributed by atoms with Crippen molar-refractivity contribution in [3.8, 4) is 0 Å². The minimum atomic E-state index is -3.57. The van der Waals surface area contributed by atoms with E-state index in [9.17, 15) is 23.3 Å². The normalized spacial score (nSPS) is 19.5. The molecular formula is C18H25ClN4O5S. The predicted octanol–water partition coefficient (Wildman–Crippen LogP) is 2.52. The molecule has 9 nitrogen and oxygen atoms in total. The van der Waals surface area contributed by atoms with Gasteiger partial charge >= 0.3 is 0 Å². The summed E-state index contributed by atoms with van der Waals surface area (Å²) in [6.07, 6.45) is 5.00. The van der Waals surface area contributed by atoms with Gasteiger partial charge in [0.25, 0.3) is 21.8 Å². The van der Waals surface area contributed by atoms with Crippen LogP contribution in [0.1, 0.15) is 42.5 Å². The van der Waals surface area contributed by atoms with Crippen molar-refractivity contribution in [1.29, 1.82) is 0 Å². The summed E-state index contributed by atoms with van der Waals surface area (Å²) in [5.41, 5.74) is -0.0129. The Bertz CT molecular complexity index is 880. The van der Waals surface area contributed by atoms with Gasteiger partial charge in [0.15, 0.2) is 0 Å². The number of nitrogens with zero attached hydrogens (tertiary/aromatic N) is 4. The molecule has 0 N–H and O–H groups in total. The van der Waals surface area contributed by atoms with E-state index in [1.807, 2.05) is 0 Å². The first-order valence-corrected chi connectivity index (χ1v) is 11.5. The maximum absolute atomic E-state index is 13.0. The Morgan fingerprint density at radius 1 is 1.17 bits per heavy atom. The number of benzene rings is 1. The second kappa shape index (κ2) is 8.95. The molecule has 0 unspecified atom stereocenters. The van der Waals surface area contributed by atoms with Gasteiger partial charge in [0.1, 0.15) is 0 Å². The number of carbonyl (C=O) groups excluding carboxylic acids is 1. The number of rotatable bonds is 5. The Morgan fingerprint density at radius 3 is 2.34 bits per heavy atom. The first-order valence-electron chi connectivity index (χ1n) is 9.68. The molecule has 0 aromatic heterocycles. The Hall–Kier alpha value is -1.75. The molecule has 2 fully saturated rings. The molecule has 11 heteroatoms. The molecule has 1 aliphatic heterocycles. The van der Waals surface area contributed by atoms with Crippen molar-refractivity contribution in [3.63, 3.8) is 0 Å². The van der Waals surface area contributed by atoms with E-state index in [1.54, 1.807) is 7.05 Å². The van der Waals surface area contributed by atoms with E-state index >= 15 is 0 Å². The third-order valence-electron chi connectivity index (χ3n) is 5.70. The SMILES string of the molecule is CN(C1CCCCC1)S(=O)(=O)N1CCN(C(=O)c2ccc([N+](=O)[O-])cc2Cl)CC1. The van der Waals surface area contributed by atoms with E-state index in [0.29, 0.717) is 0 Å². The average molecular weight is 445 g/mol. The molecule has 1 heterocycles. The van der Waals surface area contributed by atoms with Crippen LogP contribution in [0.4, 0.5) is 5.69 Å². The summed E-state index contributed by atoms with van der Waals surface area (Å²) in [7, 11) is -1.93. The van der Waals surface area contributed by atoms with Crippen LogP contribution in [0.2, 0.25) is 5.02 Å². The lowest BCUT2D eigenvalue weighted by molar-refractivity contribution is -0.384. The van der Waals surface area contributed by atoms with Crippen LogP contribution < -0.4 is 0 Å². The van der Waals surface area contributed by atoms with Gasteiger partial charge in [0, 0.05) is 51.4 Å². The van der Waals surface area contributed by atoms with Crippen molar-refractivity contribution in [2.75, 3.05) is 33.2 Å². The van der Waals surface area contributed by atoms with E-state index in [1.165, 1.54) is 25.6 Å². The monoisotopic (exact) mass is 444 g/mol. The first kappa shape index (κ1) is 21.9. The van der Waals surface area contributed by atoms with Crippen LogP contribution in [-0.2, 0) is 10.2 Å². The van der Waals surface area contributed by atoms with Crippen LogP contribution >= 0.6 is 11.6 Å². The Kier molecular flexibility index (Phi) is 6.77. The highest BCUT2D eigenvalue weighted by molar-refractivity contribution is 7.86. The summed E-state index contributed by atoms with van der Waals surface area (Å²) in [4.78, 5) is 24.5. The van der Waals surface area contributed by atoms with E-state index in [4.69, 9.17) is 11.6 Å². The van der Waals surface area contributed by atoms with Crippen LogP contribution in [-0.4, -0.2) is 72.0 Å². The van der Waals surface area contributed by atoms with Crippen molar-refractivity contribution in [1.82, 2.24) is 13.5 Å². The van der Waals surface area contributed by atoms with Gasteiger partial charge in [-0.3, -0.25) is 14.9 Å². The number of non-ortho nitro benzene ring substituents is 1.